The van der Waals surface area contributed by atoms with Crippen LogP contribution in [-0.4, -0.2) is 19.1 Å². The molecule has 0 spiro atoms. The van der Waals surface area contributed by atoms with E-state index in [1.54, 1.807) is 13.8 Å². The van der Waals surface area contributed by atoms with Crippen molar-refractivity contribution in [3.05, 3.63) is 0 Å². The molecule has 0 rings (SSSR count). The first kappa shape index (κ1) is 8.43. The van der Waals surface area contributed by atoms with E-state index in [0.29, 0.717) is 0 Å². The van der Waals surface area contributed by atoms with Gasteiger partial charge in [-0.15, -0.1) is 0 Å². The molecule has 0 aliphatic carbocycles. The van der Waals surface area contributed by atoms with E-state index in [4.69, 9.17) is 5.73 Å². The highest BCUT2D eigenvalue weighted by Crippen LogP contribution is 2.00. The number of nitrogens with two attached hydrogens (primary N) is 1. The second-order valence-corrected chi connectivity index (χ2v) is 2.17. The minimum absolute atomic E-state index is 0.127. The highest BCUT2D eigenvalue weighted by molar-refractivity contribution is 5.72. The summed E-state index contributed by atoms with van der Waals surface area (Å²) in [7, 11) is 1.36. The third-order valence-electron chi connectivity index (χ3n) is 1.36. The van der Waals surface area contributed by atoms with Crippen LogP contribution in [-0.2, 0) is 9.53 Å². The van der Waals surface area contributed by atoms with E-state index in [-0.39, 0.29) is 17.9 Å². The van der Waals surface area contributed by atoms with Gasteiger partial charge in [0.15, 0.2) is 0 Å². The van der Waals surface area contributed by atoms with Crippen LogP contribution in [0.1, 0.15) is 13.8 Å². The maximum absolute atomic E-state index is 10.7. The molecule has 0 radical (unpaired) electrons. The lowest BCUT2D eigenvalue weighted by Crippen LogP contribution is -2.31. The van der Waals surface area contributed by atoms with Crippen molar-refractivity contribution in [3.63, 3.8) is 0 Å². The fraction of sp³-hybridized carbons (Fsp3) is 0.833. The molecule has 0 aromatic heterocycles. The average molecular weight is 131 g/mol. The Morgan fingerprint density at radius 3 is 2.11 bits per heavy atom. The largest absolute Gasteiger partial charge is 0.469 e. The molecule has 3 nitrogen and oxygen atoms in total. The molecule has 3 heteroatoms. The Morgan fingerprint density at radius 2 is 2.00 bits per heavy atom. The fourth-order valence-corrected chi connectivity index (χ4v) is 0.401. The van der Waals surface area contributed by atoms with Crippen LogP contribution in [0.2, 0.25) is 0 Å². The zero-order valence-electron chi connectivity index (χ0n) is 6.05. The van der Waals surface area contributed by atoms with Gasteiger partial charge in [-0.25, -0.2) is 0 Å². The van der Waals surface area contributed by atoms with Crippen LogP contribution in [0.3, 0.4) is 0 Å². The zero-order valence-corrected chi connectivity index (χ0v) is 6.05. The minimum atomic E-state index is -0.245. The Bertz CT molecular complexity index is 101. The molecule has 9 heavy (non-hydrogen) atoms. The van der Waals surface area contributed by atoms with Gasteiger partial charge < -0.3 is 10.5 Å². The topological polar surface area (TPSA) is 52.3 Å². The van der Waals surface area contributed by atoms with E-state index in [2.05, 4.69) is 4.74 Å². The van der Waals surface area contributed by atoms with Crippen molar-refractivity contribution in [2.24, 2.45) is 11.7 Å². The van der Waals surface area contributed by atoms with E-state index >= 15 is 0 Å². The standard InChI is InChI=1S/C6H13NO2/c1-4(5(2)7)6(8)9-3/h4-5H,7H2,1-3H3/t4-,5+/m1/s1. The Morgan fingerprint density at radius 1 is 1.56 bits per heavy atom. The van der Waals surface area contributed by atoms with Crippen LogP contribution in [0.4, 0.5) is 0 Å². The van der Waals surface area contributed by atoms with Crippen molar-refractivity contribution in [1.82, 2.24) is 0 Å². The number of hydrogen-bond donors (Lipinski definition) is 1. The van der Waals surface area contributed by atoms with Gasteiger partial charge in [-0.2, -0.15) is 0 Å². The predicted molar refractivity (Wildman–Crippen MR) is 34.8 cm³/mol. The molecular weight excluding hydrogens is 118 g/mol. The molecule has 2 atom stereocenters. The first-order valence-electron chi connectivity index (χ1n) is 2.93. The monoisotopic (exact) mass is 131 g/mol. The molecule has 2 N–H and O–H groups in total. The Kier molecular flexibility index (Phi) is 3.24. The first-order valence-corrected chi connectivity index (χ1v) is 2.93. The normalized spacial score (nSPS) is 16.4. The summed E-state index contributed by atoms with van der Waals surface area (Å²) >= 11 is 0. The maximum atomic E-state index is 10.7. The molecule has 0 amide bonds. The summed E-state index contributed by atoms with van der Waals surface area (Å²) in [6.45, 7) is 3.53. The molecular formula is C6H13NO2. The molecule has 54 valence electrons. The van der Waals surface area contributed by atoms with E-state index in [1.807, 2.05) is 0 Å². The van der Waals surface area contributed by atoms with Crippen LogP contribution in [0.15, 0.2) is 0 Å². The van der Waals surface area contributed by atoms with Crippen molar-refractivity contribution in [1.29, 1.82) is 0 Å². The second kappa shape index (κ2) is 3.45. The molecule has 0 fully saturated rings. The molecule has 0 unspecified atom stereocenters. The summed E-state index contributed by atoms with van der Waals surface area (Å²) < 4.78 is 4.45. The smallest absolute Gasteiger partial charge is 0.309 e. The van der Waals surface area contributed by atoms with Gasteiger partial charge in [-0.05, 0) is 6.92 Å². The van der Waals surface area contributed by atoms with Crippen molar-refractivity contribution in [2.75, 3.05) is 7.11 Å². The molecule has 0 saturated carbocycles. The Balaban J connectivity index is 3.72. The molecule has 0 aliphatic heterocycles. The summed E-state index contributed by atoms with van der Waals surface area (Å²) in [5.74, 6) is -0.444. The second-order valence-electron chi connectivity index (χ2n) is 2.17. The number of carbonyl (C=O) groups excluding carboxylic acids is 1. The first-order chi connectivity index (χ1) is 4.09. The third-order valence-corrected chi connectivity index (χ3v) is 1.36. The fourth-order valence-electron chi connectivity index (χ4n) is 0.401. The highest BCUT2D eigenvalue weighted by Gasteiger charge is 2.16. The predicted octanol–water partition coefficient (Wildman–Crippen LogP) is 0.143. The van der Waals surface area contributed by atoms with Crippen molar-refractivity contribution >= 4 is 5.97 Å². The number of esters is 1. The molecule has 0 heterocycles. The summed E-state index contributed by atoms with van der Waals surface area (Å²) in [6, 6.07) is -0.127. The highest BCUT2D eigenvalue weighted by atomic mass is 16.5. The van der Waals surface area contributed by atoms with Gasteiger partial charge >= 0.3 is 5.97 Å². The molecule has 0 aromatic carbocycles. The summed E-state index contributed by atoms with van der Waals surface area (Å²) in [5.41, 5.74) is 5.41. The van der Waals surface area contributed by atoms with Crippen LogP contribution in [0, 0.1) is 5.92 Å². The maximum Gasteiger partial charge on any atom is 0.309 e. The van der Waals surface area contributed by atoms with E-state index in [0.717, 1.165) is 0 Å². The number of hydrogen-bond acceptors (Lipinski definition) is 3. The van der Waals surface area contributed by atoms with Gasteiger partial charge in [-0.1, -0.05) is 6.92 Å². The lowest BCUT2D eigenvalue weighted by atomic mass is 10.1. The van der Waals surface area contributed by atoms with Crippen LogP contribution in [0.25, 0.3) is 0 Å². The van der Waals surface area contributed by atoms with E-state index in [9.17, 15) is 4.79 Å². The van der Waals surface area contributed by atoms with Gasteiger partial charge in [0.1, 0.15) is 0 Å². The summed E-state index contributed by atoms with van der Waals surface area (Å²) in [5, 5.41) is 0. The van der Waals surface area contributed by atoms with Gasteiger partial charge in [0.05, 0.1) is 13.0 Å². The quantitative estimate of drug-likeness (QED) is 0.542. The Hall–Kier alpha value is -0.570. The van der Waals surface area contributed by atoms with Gasteiger partial charge in [0, 0.05) is 6.04 Å². The lowest BCUT2D eigenvalue weighted by Gasteiger charge is -2.11. The summed E-state index contributed by atoms with van der Waals surface area (Å²) in [4.78, 5) is 10.7. The van der Waals surface area contributed by atoms with Gasteiger partial charge in [-0.3, -0.25) is 4.79 Å². The van der Waals surface area contributed by atoms with Crippen LogP contribution >= 0.6 is 0 Å². The third kappa shape index (κ3) is 2.46. The number of carbonyl (C=O) groups is 1. The van der Waals surface area contributed by atoms with E-state index in [1.165, 1.54) is 7.11 Å². The minimum Gasteiger partial charge on any atom is -0.469 e. The zero-order chi connectivity index (χ0) is 7.44. The van der Waals surface area contributed by atoms with Crippen LogP contribution < -0.4 is 5.73 Å². The van der Waals surface area contributed by atoms with Crippen molar-refractivity contribution < 1.29 is 9.53 Å². The lowest BCUT2D eigenvalue weighted by molar-refractivity contribution is -0.145. The average Bonchev–Trinajstić information content (AvgIpc) is 1.84. The molecule has 0 aliphatic rings. The molecule has 0 aromatic rings. The Labute approximate surface area is 55.2 Å². The molecule has 0 saturated heterocycles. The van der Waals surface area contributed by atoms with Crippen molar-refractivity contribution in [3.8, 4) is 0 Å². The van der Waals surface area contributed by atoms with E-state index < -0.39 is 0 Å². The van der Waals surface area contributed by atoms with Crippen LogP contribution in [0.5, 0.6) is 0 Å². The van der Waals surface area contributed by atoms with Crippen molar-refractivity contribution in [2.45, 2.75) is 19.9 Å². The van der Waals surface area contributed by atoms with Gasteiger partial charge in [0.25, 0.3) is 0 Å². The molecule has 0 bridgehead atoms. The van der Waals surface area contributed by atoms with Gasteiger partial charge in [0.2, 0.25) is 0 Å². The summed E-state index contributed by atoms with van der Waals surface area (Å²) in [6.07, 6.45) is 0. The number of methoxy groups -OCH3 is 1. The number of rotatable bonds is 2. The number of ether oxygens (including phenoxy) is 1. The SMILES string of the molecule is COC(=O)[C@H](C)[C@H](C)N.